The molecular formula is C21H32F3N3O2S. The SMILES string of the molecule is CCCC(=O)NC1CCC(CCN2CCc3nc(OCC(F)(F)F)sc3CC2)CC1. The normalized spacial score (nSPS) is 22.9. The smallest absolute Gasteiger partial charge is 0.422 e. The first kappa shape index (κ1) is 23.3. The maximum Gasteiger partial charge on any atom is 0.422 e. The highest BCUT2D eigenvalue weighted by Crippen LogP contribution is 2.31. The summed E-state index contributed by atoms with van der Waals surface area (Å²) in [4.78, 5) is 19.5. The molecule has 1 aromatic heterocycles. The molecule has 2 aliphatic rings. The molecule has 1 fully saturated rings. The van der Waals surface area contributed by atoms with E-state index < -0.39 is 12.8 Å². The largest absolute Gasteiger partial charge is 0.460 e. The van der Waals surface area contributed by atoms with Crippen molar-refractivity contribution in [3.8, 4) is 5.19 Å². The van der Waals surface area contributed by atoms with Gasteiger partial charge in [0, 0.05) is 36.9 Å². The van der Waals surface area contributed by atoms with Gasteiger partial charge in [-0.2, -0.15) is 13.2 Å². The number of halogens is 3. The molecule has 1 N–H and O–H groups in total. The standard InChI is InChI=1S/C21H32F3N3O2S/c1-2-3-19(28)25-16-6-4-15(5-7-16)8-11-27-12-9-17-18(10-13-27)30-20(26-17)29-14-21(22,23)24/h15-16H,2-14H2,1H3,(H,25,28). The molecule has 0 saturated heterocycles. The molecule has 1 aromatic rings. The first-order chi connectivity index (χ1) is 14.3. The van der Waals surface area contributed by atoms with Gasteiger partial charge in [-0.3, -0.25) is 4.79 Å². The number of nitrogens with one attached hydrogen (secondary N) is 1. The van der Waals surface area contributed by atoms with Crippen LogP contribution in [0.15, 0.2) is 0 Å². The number of ether oxygens (including phenoxy) is 1. The molecule has 0 atom stereocenters. The zero-order valence-corrected chi connectivity index (χ0v) is 18.4. The Bertz CT molecular complexity index is 662. The fourth-order valence-corrected chi connectivity index (χ4v) is 5.25. The van der Waals surface area contributed by atoms with Gasteiger partial charge in [-0.15, -0.1) is 0 Å². The van der Waals surface area contributed by atoms with Crippen LogP contribution in [0.25, 0.3) is 0 Å². The summed E-state index contributed by atoms with van der Waals surface area (Å²) in [5, 5.41) is 3.29. The van der Waals surface area contributed by atoms with Gasteiger partial charge in [-0.05, 0) is 57.4 Å². The van der Waals surface area contributed by atoms with E-state index in [0.717, 1.165) is 68.7 Å². The highest BCUT2D eigenvalue weighted by Gasteiger charge is 2.30. The quantitative estimate of drug-likeness (QED) is 0.644. The van der Waals surface area contributed by atoms with Crippen LogP contribution in [0, 0.1) is 5.92 Å². The fourth-order valence-electron chi connectivity index (χ4n) is 4.30. The van der Waals surface area contributed by atoms with Gasteiger partial charge in [-0.1, -0.05) is 18.3 Å². The lowest BCUT2D eigenvalue weighted by molar-refractivity contribution is -0.153. The summed E-state index contributed by atoms with van der Waals surface area (Å²) in [6.07, 6.45) is 4.39. The van der Waals surface area contributed by atoms with Crippen molar-refractivity contribution < 1.29 is 22.7 Å². The van der Waals surface area contributed by atoms with Gasteiger partial charge in [0.2, 0.25) is 5.91 Å². The van der Waals surface area contributed by atoms with E-state index in [1.807, 2.05) is 6.92 Å². The van der Waals surface area contributed by atoms with E-state index >= 15 is 0 Å². The van der Waals surface area contributed by atoms with E-state index in [4.69, 9.17) is 4.74 Å². The lowest BCUT2D eigenvalue weighted by Gasteiger charge is -2.30. The highest BCUT2D eigenvalue weighted by molar-refractivity contribution is 7.13. The van der Waals surface area contributed by atoms with E-state index in [2.05, 4.69) is 15.2 Å². The van der Waals surface area contributed by atoms with E-state index in [1.165, 1.54) is 24.2 Å². The molecule has 0 radical (unpaired) electrons. The molecule has 30 heavy (non-hydrogen) atoms. The Labute approximate surface area is 180 Å². The fraction of sp³-hybridized carbons (Fsp3) is 0.810. The minimum Gasteiger partial charge on any atom is -0.460 e. The monoisotopic (exact) mass is 447 g/mol. The van der Waals surface area contributed by atoms with Gasteiger partial charge in [0.25, 0.3) is 5.19 Å². The number of amides is 1. The molecule has 0 bridgehead atoms. The van der Waals surface area contributed by atoms with E-state index in [9.17, 15) is 18.0 Å². The van der Waals surface area contributed by atoms with Crippen LogP contribution in [-0.4, -0.2) is 54.3 Å². The molecule has 3 rings (SSSR count). The molecule has 5 nitrogen and oxygen atoms in total. The molecule has 2 heterocycles. The average Bonchev–Trinajstić information content (AvgIpc) is 2.99. The Kier molecular flexibility index (Phi) is 8.39. The lowest BCUT2D eigenvalue weighted by atomic mass is 9.84. The molecule has 0 aromatic carbocycles. The average molecular weight is 448 g/mol. The van der Waals surface area contributed by atoms with Crippen molar-refractivity contribution >= 4 is 17.2 Å². The van der Waals surface area contributed by atoms with E-state index in [0.29, 0.717) is 18.4 Å². The molecule has 0 unspecified atom stereocenters. The van der Waals surface area contributed by atoms with Gasteiger partial charge < -0.3 is 15.0 Å². The number of carbonyl (C=O) groups is 1. The molecular weight excluding hydrogens is 415 g/mol. The van der Waals surface area contributed by atoms with Crippen LogP contribution >= 0.6 is 11.3 Å². The number of rotatable bonds is 8. The Balaban J connectivity index is 1.36. The Morgan fingerprint density at radius 1 is 1.23 bits per heavy atom. The van der Waals surface area contributed by atoms with Crippen molar-refractivity contribution in [3.05, 3.63) is 10.6 Å². The Morgan fingerprint density at radius 2 is 1.97 bits per heavy atom. The lowest BCUT2D eigenvalue weighted by Crippen LogP contribution is -2.38. The number of fused-ring (bicyclic) bond motifs is 1. The predicted molar refractivity (Wildman–Crippen MR) is 111 cm³/mol. The Hall–Kier alpha value is -1.35. The molecule has 1 saturated carbocycles. The number of hydrogen-bond acceptors (Lipinski definition) is 5. The third kappa shape index (κ3) is 7.41. The van der Waals surface area contributed by atoms with Crippen LogP contribution in [0.2, 0.25) is 0 Å². The third-order valence-electron chi connectivity index (χ3n) is 5.98. The van der Waals surface area contributed by atoms with Crippen LogP contribution in [0.1, 0.15) is 62.4 Å². The maximum atomic E-state index is 12.3. The van der Waals surface area contributed by atoms with E-state index in [1.54, 1.807) is 0 Å². The number of thiazole rings is 1. The summed E-state index contributed by atoms with van der Waals surface area (Å²) in [7, 11) is 0. The minimum atomic E-state index is -4.33. The summed E-state index contributed by atoms with van der Waals surface area (Å²) < 4.78 is 41.7. The number of nitrogens with zero attached hydrogens (tertiary/aromatic N) is 2. The summed E-state index contributed by atoms with van der Waals surface area (Å²) in [6, 6.07) is 0.342. The van der Waals surface area contributed by atoms with Crippen molar-refractivity contribution in [2.24, 2.45) is 5.92 Å². The molecule has 170 valence electrons. The Morgan fingerprint density at radius 3 is 2.67 bits per heavy atom. The van der Waals surface area contributed by atoms with Crippen LogP contribution in [-0.2, 0) is 17.6 Å². The second kappa shape index (κ2) is 10.8. The van der Waals surface area contributed by atoms with Crippen LogP contribution in [0.3, 0.4) is 0 Å². The topological polar surface area (TPSA) is 54.5 Å². The zero-order valence-electron chi connectivity index (χ0n) is 17.6. The highest BCUT2D eigenvalue weighted by atomic mass is 32.1. The van der Waals surface area contributed by atoms with Crippen LogP contribution in [0.5, 0.6) is 5.19 Å². The molecule has 9 heteroatoms. The van der Waals surface area contributed by atoms with Crippen molar-refractivity contribution in [1.82, 2.24) is 15.2 Å². The number of aromatic nitrogens is 1. The molecule has 1 amide bonds. The van der Waals surface area contributed by atoms with Crippen molar-refractivity contribution in [3.63, 3.8) is 0 Å². The van der Waals surface area contributed by atoms with Crippen molar-refractivity contribution in [2.75, 3.05) is 26.2 Å². The first-order valence-electron chi connectivity index (χ1n) is 11.0. The summed E-state index contributed by atoms with van der Waals surface area (Å²) in [5.41, 5.74) is 0.892. The summed E-state index contributed by atoms with van der Waals surface area (Å²) in [6.45, 7) is 3.59. The van der Waals surface area contributed by atoms with Crippen molar-refractivity contribution in [1.29, 1.82) is 0 Å². The van der Waals surface area contributed by atoms with Crippen LogP contribution in [0.4, 0.5) is 13.2 Å². The number of hydrogen-bond donors (Lipinski definition) is 1. The molecule has 1 aliphatic carbocycles. The second-order valence-corrected chi connectivity index (χ2v) is 9.47. The van der Waals surface area contributed by atoms with Crippen LogP contribution < -0.4 is 10.1 Å². The van der Waals surface area contributed by atoms with E-state index in [-0.39, 0.29) is 11.1 Å². The first-order valence-corrected chi connectivity index (χ1v) is 11.8. The maximum absolute atomic E-state index is 12.3. The zero-order chi connectivity index (χ0) is 21.6. The van der Waals surface area contributed by atoms with Gasteiger partial charge in [0.1, 0.15) is 0 Å². The number of carbonyl (C=O) groups excluding carboxylic acids is 1. The predicted octanol–water partition coefficient (Wildman–Crippen LogP) is 4.35. The minimum absolute atomic E-state index is 0.133. The third-order valence-corrected chi connectivity index (χ3v) is 7.05. The van der Waals surface area contributed by atoms with Gasteiger partial charge in [0.05, 0.1) is 5.69 Å². The second-order valence-electron chi connectivity index (χ2n) is 8.42. The van der Waals surface area contributed by atoms with Crippen molar-refractivity contribution in [2.45, 2.75) is 76.9 Å². The van der Waals surface area contributed by atoms with Gasteiger partial charge in [0.15, 0.2) is 6.61 Å². The van der Waals surface area contributed by atoms with Gasteiger partial charge in [-0.25, -0.2) is 4.98 Å². The number of alkyl halides is 3. The van der Waals surface area contributed by atoms with Gasteiger partial charge >= 0.3 is 6.18 Å². The summed E-state index contributed by atoms with van der Waals surface area (Å²) in [5.74, 6) is 0.890. The summed E-state index contributed by atoms with van der Waals surface area (Å²) >= 11 is 1.25. The molecule has 0 spiro atoms. The molecule has 1 aliphatic heterocycles.